The van der Waals surface area contributed by atoms with E-state index in [1.54, 1.807) is 6.20 Å². The highest BCUT2D eigenvalue weighted by Gasteiger charge is 2.05. The van der Waals surface area contributed by atoms with Crippen molar-refractivity contribution in [1.82, 2.24) is 4.98 Å². The lowest BCUT2D eigenvalue weighted by Gasteiger charge is -2.10. The smallest absolute Gasteiger partial charge is 0.142 e. The largest absolute Gasteiger partial charge is 0.491 e. The van der Waals surface area contributed by atoms with Crippen LogP contribution in [0.25, 0.3) is 10.8 Å². The molecule has 3 nitrogen and oxygen atoms in total. The lowest BCUT2D eigenvalue weighted by Crippen LogP contribution is -2.01. The Balaban J connectivity index is 1.83. The molecule has 0 aliphatic carbocycles. The average molecular weight is 272 g/mol. The van der Waals surface area contributed by atoms with Gasteiger partial charge in [0.25, 0.3) is 0 Å². The van der Waals surface area contributed by atoms with E-state index in [-0.39, 0.29) is 0 Å². The number of rotatable bonds is 8. The highest BCUT2D eigenvalue weighted by atomic mass is 16.5. The quantitative estimate of drug-likeness (QED) is 0.566. The van der Waals surface area contributed by atoms with Gasteiger partial charge in [0, 0.05) is 23.2 Å². The topological polar surface area (TPSA) is 48.1 Å². The first-order valence-corrected chi connectivity index (χ1v) is 7.58. The highest BCUT2D eigenvalue weighted by molar-refractivity contribution is 5.95. The van der Waals surface area contributed by atoms with Crippen LogP contribution in [0.2, 0.25) is 0 Å². The minimum absolute atomic E-state index is 0.718. The summed E-state index contributed by atoms with van der Waals surface area (Å²) in [5.74, 6) is 0.789. The summed E-state index contributed by atoms with van der Waals surface area (Å²) in [6, 6.07) is 5.88. The van der Waals surface area contributed by atoms with Crippen LogP contribution in [0.4, 0.5) is 5.69 Å². The number of pyridine rings is 1. The van der Waals surface area contributed by atoms with Gasteiger partial charge >= 0.3 is 0 Å². The second-order valence-corrected chi connectivity index (χ2v) is 5.19. The Hall–Kier alpha value is -1.77. The maximum Gasteiger partial charge on any atom is 0.142 e. The number of aromatic nitrogens is 1. The average Bonchev–Trinajstić information content (AvgIpc) is 2.49. The number of unbranched alkanes of at least 4 members (excludes halogenated alkanes) is 5. The summed E-state index contributed by atoms with van der Waals surface area (Å²) in [6.07, 6.45) is 11.2. The number of hydrogen-bond acceptors (Lipinski definition) is 3. The molecule has 1 aromatic heterocycles. The Morgan fingerprint density at radius 1 is 1.05 bits per heavy atom. The van der Waals surface area contributed by atoms with E-state index < -0.39 is 0 Å². The van der Waals surface area contributed by atoms with E-state index in [1.165, 1.54) is 32.1 Å². The van der Waals surface area contributed by atoms with Gasteiger partial charge in [-0.3, -0.25) is 4.98 Å². The molecule has 2 aromatic rings. The molecule has 0 amide bonds. The maximum atomic E-state index is 6.15. The third kappa shape index (κ3) is 3.86. The SMILES string of the molecule is CCCCCCCCOc1ccc2cnccc2c1N. The Labute approximate surface area is 121 Å². The van der Waals surface area contributed by atoms with Gasteiger partial charge in [0.05, 0.1) is 12.3 Å². The molecule has 0 aliphatic heterocycles. The summed E-state index contributed by atoms with van der Waals surface area (Å²) in [6.45, 7) is 2.98. The summed E-state index contributed by atoms with van der Waals surface area (Å²) in [4.78, 5) is 4.10. The molecule has 0 saturated heterocycles. The Kier molecular flexibility index (Phi) is 5.66. The first-order chi connectivity index (χ1) is 9.83. The minimum Gasteiger partial charge on any atom is -0.491 e. The lowest BCUT2D eigenvalue weighted by atomic mass is 10.1. The second kappa shape index (κ2) is 7.73. The zero-order valence-electron chi connectivity index (χ0n) is 12.3. The van der Waals surface area contributed by atoms with Crippen LogP contribution in [-0.4, -0.2) is 11.6 Å². The molecule has 0 radical (unpaired) electrons. The molecular formula is C17H24N2O. The Morgan fingerprint density at radius 3 is 2.70 bits per heavy atom. The van der Waals surface area contributed by atoms with E-state index >= 15 is 0 Å². The molecule has 0 spiro atoms. The molecule has 2 N–H and O–H groups in total. The molecule has 0 bridgehead atoms. The van der Waals surface area contributed by atoms with Gasteiger partial charge in [0.1, 0.15) is 5.75 Å². The summed E-state index contributed by atoms with van der Waals surface area (Å²) in [7, 11) is 0. The van der Waals surface area contributed by atoms with Crippen molar-refractivity contribution in [3.63, 3.8) is 0 Å². The number of nitrogen functional groups attached to an aromatic ring is 1. The van der Waals surface area contributed by atoms with Gasteiger partial charge < -0.3 is 10.5 Å². The van der Waals surface area contributed by atoms with E-state index in [1.807, 2.05) is 24.4 Å². The molecule has 3 heteroatoms. The van der Waals surface area contributed by atoms with Gasteiger partial charge in [0.15, 0.2) is 0 Å². The molecule has 2 rings (SSSR count). The van der Waals surface area contributed by atoms with E-state index in [0.717, 1.165) is 35.2 Å². The third-order valence-electron chi connectivity index (χ3n) is 3.58. The second-order valence-electron chi connectivity index (χ2n) is 5.19. The van der Waals surface area contributed by atoms with Gasteiger partial charge in [-0.05, 0) is 24.6 Å². The number of fused-ring (bicyclic) bond motifs is 1. The van der Waals surface area contributed by atoms with Crippen LogP contribution in [0.5, 0.6) is 5.75 Å². The van der Waals surface area contributed by atoms with Crippen molar-refractivity contribution in [3.8, 4) is 5.75 Å². The first kappa shape index (κ1) is 14.6. The summed E-state index contributed by atoms with van der Waals surface area (Å²) >= 11 is 0. The number of nitrogens with two attached hydrogens (primary N) is 1. The van der Waals surface area contributed by atoms with Crippen LogP contribution >= 0.6 is 0 Å². The fraction of sp³-hybridized carbons (Fsp3) is 0.471. The number of nitrogens with zero attached hydrogens (tertiary/aromatic N) is 1. The van der Waals surface area contributed by atoms with E-state index in [4.69, 9.17) is 10.5 Å². The van der Waals surface area contributed by atoms with Gasteiger partial charge in [0.2, 0.25) is 0 Å². The molecule has 108 valence electrons. The molecule has 20 heavy (non-hydrogen) atoms. The van der Waals surface area contributed by atoms with Crippen molar-refractivity contribution < 1.29 is 4.74 Å². The molecule has 0 saturated carbocycles. The van der Waals surface area contributed by atoms with Crippen LogP contribution in [0.1, 0.15) is 45.4 Å². The third-order valence-corrected chi connectivity index (χ3v) is 3.58. The fourth-order valence-corrected chi connectivity index (χ4v) is 2.36. The Morgan fingerprint density at radius 2 is 1.85 bits per heavy atom. The van der Waals surface area contributed by atoms with Crippen LogP contribution in [0.3, 0.4) is 0 Å². The molecule has 1 aromatic carbocycles. The zero-order chi connectivity index (χ0) is 14.2. The maximum absolute atomic E-state index is 6.15. The number of ether oxygens (including phenoxy) is 1. The van der Waals surface area contributed by atoms with Gasteiger partial charge in [-0.15, -0.1) is 0 Å². The van der Waals surface area contributed by atoms with Gasteiger partial charge in [-0.1, -0.05) is 39.0 Å². The van der Waals surface area contributed by atoms with Crippen molar-refractivity contribution in [2.75, 3.05) is 12.3 Å². The predicted molar refractivity (Wildman–Crippen MR) is 85.0 cm³/mol. The lowest BCUT2D eigenvalue weighted by molar-refractivity contribution is 0.306. The number of benzene rings is 1. The predicted octanol–water partition coefficient (Wildman–Crippen LogP) is 4.56. The zero-order valence-corrected chi connectivity index (χ0v) is 12.3. The van der Waals surface area contributed by atoms with Crippen LogP contribution in [-0.2, 0) is 0 Å². The number of hydrogen-bond donors (Lipinski definition) is 1. The summed E-state index contributed by atoms with van der Waals surface area (Å²) in [5, 5.41) is 2.07. The highest BCUT2D eigenvalue weighted by Crippen LogP contribution is 2.30. The monoisotopic (exact) mass is 272 g/mol. The Bertz CT molecular complexity index is 540. The number of anilines is 1. The minimum atomic E-state index is 0.718. The van der Waals surface area contributed by atoms with E-state index in [9.17, 15) is 0 Å². The molecule has 1 heterocycles. The normalized spacial score (nSPS) is 10.8. The van der Waals surface area contributed by atoms with E-state index in [0.29, 0.717) is 0 Å². The van der Waals surface area contributed by atoms with Crippen LogP contribution < -0.4 is 10.5 Å². The van der Waals surface area contributed by atoms with Crippen molar-refractivity contribution >= 4 is 16.5 Å². The van der Waals surface area contributed by atoms with Crippen molar-refractivity contribution in [2.24, 2.45) is 0 Å². The molecule has 0 aliphatic rings. The molecular weight excluding hydrogens is 248 g/mol. The first-order valence-electron chi connectivity index (χ1n) is 7.58. The molecule has 0 unspecified atom stereocenters. The van der Waals surface area contributed by atoms with E-state index in [2.05, 4.69) is 11.9 Å². The van der Waals surface area contributed by atoms with Crippen molar-refractivity contribution in [2.45, 2.75) is 45.4 Å². The summed E-state index contributed by atoms with van der Waals surface area (Å²) in [5.41, 5.74) is 6.87. The van der Waals surface area contributed by atoms with Gasteiger partial charge in [-0.25, -0.2) is 0 Å². The van der Waals surface area contributed by atoms with Gasteiger partial charge in [-0.2, -0.15) is 0 Å². The summed E-state index contributed by atoms with van der Waals surface area (Å²) < 4.78 is 5.81. The van der Waals surface area contributed by atoms with Crippen LogP contribution in [0, 0.1) is 0 Å². The standard InChI is InChI=1S/C17H24N2O/c1-2-3-4-5-6-7-12-20-16-9-8-14-13-19-11-10-15(14)17(16)18/h8-11,13H,2-7,12,18H2,1H3. The molecule has 0 fully saturated rings. The fourth-order valence-electron chi connectivity index (χ4n) is 2.36. The molecule has 0 atom stereocenters. The van der Waals surface area contributed by atoms with Crippen molar-refractivity contribution in [1.29, 1.82) is 0 Å². The van der Waals surface area contributed by atoms with Crippen molar-refractivity contribution in [3.05, 3.63) is 30.6 Å². The van der Waals surface area contributed by atoms with Crippen LogP contribution in [0.15, 0.2) is 30.6 Å².